The Bertz CT molecular complexity index is 558. The van der Waals surface area contributed by atoms with Crippen LogP contribution < -0.4 is 15.2 Å². The molecule has 5 heteroatoms. The van der Waals surface area contributed by atoms with E-state index in [1.54, 1.807) is 0 Å². The molecule has 0 saturated heterocycles. The van der Waals surface area contributed by atoms with Gasteiger partial charge in [0.25, 0.3) is 0 Å². The van der Waals surface area contributed by atoms with Crippen LogP contribution in [-0.2, 0) is 6.42 Å². The van der Waals surface area contributed by atoms with Crippen molar-refractivity contribution in [3.05, 3.63) is 36.2 Å². The average molecular weight is 259 g/mol. The van der Waals surface area contributed by atoms with E-state index in [1.807, 2.05) is 31.2 Å². The molecule has 1 heterocycles. The van der Waals surface area contributed by atoms with Crippen LogP contribution in [0.25, 0.3) is 0 Å². The van der Waals surface area contributed by atoms with E-state index in [-0.39, 0.29) is 0 Å². The predicted molar refractivity (Wildman–Crippen MR) is 73.5 cm³/mol. The van der Waals surface area contributed by atoms with Crippen molar-refractivity contribution in [2.24, 2.45) is 0 Å². The van der Waals surface area contributed by atoms with Crippen molar-refractivity contribution < 1.29 is 9.47 Å². The van der Waals surface area contributed by atoms with Crippen molar-refractivity contribution in [2.75, 3.05) is 12.3 Å². The molecule has 0 spiro atoms. The molecule has 0 unspecified atom stereocenters. The molecule has 0 atom stereocenters. The normalized spacial score (nSPS) is 10.2. The summed E-state index contributed by atoms with van der Waals surface area (Å²) in [5, 5.41) is 0. The largest absolute Gasteiger partial charge is 0.476 e. The Morgan fingerprint density at radius 2 is 1.84 bits per heavy atom. The molecule has 0 aliphatic carbocycles. The summed E-state index contributed by atoms with van der Waals surface area (Å²) in [4.78, 5) is 8.03. The molecule has 100 valence electrons. The zero-order chi connectivity index (χ0) is 13.7. The Hall–Kier alpha value is -2.30. The number of nitrogens with zero attached hydrogens (tertiary/aromatic N) is 2. The molecule has 2 N–H and O–H groups in total. The Kier molecular flexibility index (Phi) is 4.18. The van der Waals surface area contributed by atoms with Gasteiger partial charge in [0, 0.05) is 0 Å². The standard InChI is InChI=1S/C14H17N3O2/c1-3-10-7-5-6-8-11(10)19-14-12(15)13(18-4-2)16-9-17-14/h5-9H,3-4,15H2,1-2H3. The van der Waals surface area contributed by atoms with Gasteiger partial charge in [-0.2, -0.15) is 9.97 Å². The first-order chi connectivity index (χ1) is 9.26. The highest BCUT2D eigenvalue weighted by molar-refractivity contribution is 5.57. The van der Waals surface area contributed by atoms with Crippen molar-refractivity contribution >= 4 is 5.69 Å². The van der Waals surface area contributed by atoms with Crippen LogP contribution in [0.3, 0.4) is 0 Å². The summed E-state index contributed by atoms with van der Waals surface area (Å²) in [7, 11) is 0. The highest BCUT2D eigenvalue weighted by Crippen LogP contribution is 2.32. The second-order valence-electron chi connectivity index (χ2n) is 3.89. The van der Waals surface area contributed by atoms with E-state index in [9.17, 15) is 0 Å². The lowest BCUT2D eigenvalue weighted by molar-refractivity contribution is 0.325. The molecule has 0 amide bonds. The van der Waals surface area contributed by atoms with Gasteiger partial charge in [0.05, 0.1) is 6.61 Å². The molecule has 0 aliphatic heterocycles. The van der Waals surface area contributed by atoms with Crippen LogP contribution in [0.2, 0.25) is 0 Å². The molecule has 2 rings (SSSR count). The van der Waals surface area contributed by atoms with Crippen molar-refractivity contribution in [3.8, 4) is 17.5 Å². The predicted octanol–water partition coefficient (Wildman–Crippen LogP) is 2.81. The number of ether oxygens (including phenoxy) is 2. The van der Waals surface area contributed by atoms with E-state index in [0.29, 0.717) is 24.1 Å². The molecule has 1 aromatic heterocycles. The number of nitrogens with two attached hydrogens (primary N) is 1. The van der Waals surface area contributed by atoms with Gasteiger partial charge in [-0.25, -0.2) is 0 Å². The Balaban J connectivity index is 2.30. The van der Waals surface area contributed by atoms with Gasteiger partial charge in [-0.15, -0.1) is 0 Å². The van der Waals surface area contributed by atoms with E-state index < -0.39 is 0 Å². The molecule has 0 aliphatic rings. The molecule has 0 saturated carbocycles. The zero-order valence-corrected chi connectivity index (χ0v) is 11.1. The fourth-order valence-electron chi connectivity index (χ4n) is 1.70. The Morgan fingerprint density at radius 3 is 2.58 bits per heavy atom. The maximum absolute atomic E-state index is 5.93. The van der Waals surface area contributed by atoms with Gasteiger partial charge in [0.15, 0.2) is 5.69 Å². The SMILES string of the molecule is CCOc1ncnc(Oc2ccccc2CC)c1N. The van der Waals surface area contributed by atoms with Crippen LogP contribution in [0.15, 0.2) is 30.6 Å². The number of aryl methyl sites for hydroxylation is 1. The second kappa shape index (κ2) is 6.04. The number of hydrogen-bond acceptors (Lipinski definition) is 5. The minimum absolute atomic E-state index is 0.315. The third-order valence-corrected chi connectivity index (χ3v) is 2.65. The molecule has 19 heavy (non-hydrogen) atoms. The van der Waals surface area contributed by atoms with E-state index >= 15 is 0 Å². The summed E-state index contributed by atoms with van der Waals surface area (Å²) in [6, 6.07) is 7.78. The summed E-state index contributed by atoms with van der Waals surface area (Å²) in [5.41, 5.74) is 7.34. The number of nitrogen functional groups attached to an aromatic ring is 1. The smallest absolute Gasteiger partial charge is 0.249 e. The maximum Gasteiger partial charge on any atom is 0.249 e. The lowest BCUT2D eigenvalue weighted by Crippen LogP contribution is -2.03. The quantitative estimate of drug-likeness (QED) is 0.894. The van der Waals surface area contributed by atoms with Crippen molar-refractivity contribution in [1.29, 1.82) is 0 Å². The molecular formula is C14H17N3O2. The van der Waals surface area contributed by atoms with Gasteiger partial charge >= 0.3 is 0 Å². The van der Waals surface area contributed by atoms with Crippen LogP contribution in [0.4, 0.5) is 5.69 Å². The average Bonchev–Trinajstić information content (AvgIpc) is 2.44. The minimum Gasteiger partial charge on any atom is -0.476 e. The molecule has 1 aromatic carbocycles. The van der Waals surface area contributed by atoms with Crippen molar-refractivity contribution in [3.63, 3.8) is 0 Å². The van der Waals surface area contributed by atoms with Crippen molar-refractivity contribution in [2.45, 2.75) is 20.3 Å². The summed E-state index contributed by atoms with van der Waals surface area (Å²) >= 11 is 0. The van der Waals surface area contributed by atoms with E-state index in [1.165, 1.54) is 6.33 Å². The third-order valence-electron chi connectivity index (χ3n) is 2.65. The van der Waals surface area contributed by atoms with E-state index in [0.717, 1.165) is 17.7 Å². The zero-order valence-electron chi connectivity index (χ0n) is 11.1. The van der Waals surface area contributed by atoms with E-state index in [2.05, 4.69) is 16.9 Å². The van der Waals surface area contributed by atoms with Gasteiger partial charge in [-0.05, 0) is 25.0 Å². The Labute approximate surface area is 112 Å². The van der Waals surface area contributed by atoms with Gasteiger partial charge in [0.1, 0.15) is 12.1 Å². The monoisotopic (exact) mass is 259 g/mol. The summed E-state index contributed by atoms with van der Waals surface area (Å²) < 4.78 is 11.1. The maximum atomic E-state index is 5.93. The second-order valence-corrected chi connectivity index (χ2v) is 3.89. The number of benzene rings is 1. The molecule has 2 aromatic rings. The summed E-state index contributed by atoms with van der Waals surface area (Å²) in [5.74, 6) is 1.42. The lowest BCUT2D eigenvalue weighted by atomic mass is 10.1. The van der Waals surface area contributed by atoms with Gasteiger partial charge in [-0.3, -0.25) is 0 Å². The Morgan fingerprint density at radius 1 is 1.11 bits per heavy atom. The van der Waals surface area contributed by atoms with Crippen LogP contribution >= 0.6 is 0 Å². The fourth-order valence-corrected chi connectivity index (χ4v) is 1.70. The number of anilines is 1. The molecule has 0 radical (unpaired) electrons. The van der Waals surface area contributed by atoms with Crippen LogP contribution in [-0.4, -0.2) is 16.6 Å². The van der Waals surface area contributed by atoms with Crippen LogP contribution in [0.5, 0.6) is 17.5 Å². The van der Waals surface area contributed by atoms with Crippen LogP contribution in [0, 0.1) is 0 Å². The van der Waals surface area contributed by atoms with Crippen LogP contribution in [0.1, 0.15) is 19.4 Å². The van der Waals surface area contributed by atoms with Gasteiger partial charge < -0.3 is 15.2 Å². The molecule has 0 fully saturated rings. The molecule has 0 bridgehead atoms. The van der Waals surface area contributed by atoms with E-state index in [4.69, 9.17) is 15.2 Å². The summed E-state index contributed by atoms with van der Waals surface area (Å²) in [6.07, 6.45) is 2.25. The first-order valence-corrected chi connectivity index (χ1v) is 6.25. The highest BCUT2D eigenvalue weighted by Gasteiger charge is 2.12. The topological polar surface area (TPSA) is 70.3 Å². The summed E-state index contributed by atoms with van der Waals surface area (Å²) in [6.45, 7) is 4.43. The van der Waals surface area contributed by atoms with Crippen molar-refractivity contribution in [1.82, 2.24) is 9.97 Å². The number of para-hydroxylation sites is 1. The first kappa shape index (κ1) is 13.1. The molecule has 5 nitrogen and oxygen atoms in total. The number of aromatic nitrogens is 2. The lowest BCUT2D eigenvalue weighted by Gasteiger charge is -2.12. The highest BCUT2D eigenvalue weighted by atomic mass is 16.5. The fraction of sp³-hybridized carbons (Fsp3) is 0.286. The van der Waals surface area contributed by atoms with Gasteiger partial charge in [-0.1, -0.05) is 25.1 Å². The molecular weight excluding hydrogens is 242 g/mol. The van der Waals surface area contributed by atoms with Gasteiger partial charge in [0.2, 0.25) is 11.8 Å². The first-order valence-electron chi connectivity index (χ1n) is 6.25. The number of hydrogen-bond donors (Lipinski definition) is 1. The number of rotatable bonds is 5. The minimum atomic E-state index is 0.315. The third kappa shape index (κ3) is 2.93.